The van der Waals surface area contributed by atoms with Crippen molar-refractivity contribution >= 4 is 11.9 Å². The first kappa shape index (κ1) is 18.0. The van der Waals surface area contributed by atoms with Crippen molar-refractivity contribution < 1.29 is 23.8 Å². The number of carboxylic acids is 1. The molecule has 0 aliphatic carbocycles. The summed E-state index contributed by atoms with van der Waals surface area (Å²) < 4.78 is 12.5. The smallest absolute Gasteiger partial charge is 0.306 e. The number of nitrogens with zero attached hydrogens (tertiary/aromatic N) is 3. The van der Waals surface area contributed by atoms with Crippen LogP contribution in [0.25, 0.3) is 17.1 Å². The van der Waals surface area contributed by atoms with E-state index in [2.05, 4.69) is 5.10 Å². The number of amides is 1. The van der Waals surface area contributed by atoms with Gasteiger partial charge in [0.2, 0.25) is 0 Å². The maximum atomic E-state index is 13.2. The molecule has 8 heteroatoms. The predicted octanol–water partition coefficient (Wildman–Crippen LogP) is 2.45. The van der Waals surface area contributed by atoms with Crippen molar-refractivity contribution in [3.63, 3.8) is 0 Å². The first-order valence-electron chi connectivity index (χ1n) is 8.94. The Morgan fingerprint density at radius 2 is 2.00 bits per heavy atom. The molecule has 1 aromatic carbocycles. The maximum Gasteiger partial charge on any atom is 0.306 e. The molecular weight excluding hydrogens is 362 g/mol. The number of hydrogen-bond acceptors (Lipinski definition) is 5. The maximum absolute atomic E-state index is 13.2. The third-order valence-electron chi connectivity index (χ3n) is 4.53. The van der Waals surface area contributed by atoms with Crippen molar-refractivity contribution in [1.29, 1.82) is 0 Å². The lowest BCUT2D eigenvalue weighted by molar-refractivity contribution is -0.141. The minimum absolute atomic E-state index is 0.140. The average Bonchev–Trinajstić information content (AvgIpc) is 3.37. The van der Waals surface area contributed by atoms with Crippen LogP contribution in [0.5, 0.6) is 0 Å². The summed E-state index contributed by atoms with van der Waals surface area (Å²) in [6, 6.07) is 14.6. The summed E-state index contributed by atoms with van der Waals surface area (Å²) in [5, 5.41) is 13.6. The second-order valence-corrected chi connectivity index (χ2v) is 6.48. The number of rotatable bonds is 5. The molecule has 1 N–H and O–H groups in total. The molecule has 0 bridgehead atoms. The zero-order chi connectivity index (χ0) is 19.5. The van der Waals surface area contributed by atoms with Gasteiger partial charge < -0.3 is 19.2 Å². The first-order chi connectivity index (χ1) is 13.6. The minimum atomic E-state index is -0.950. The summed E-state index contributed by atoms with van der Waals surface area (Å²) in [6.07, 6.45) is 0.892. The van der Waals surface area contributed by atoms with Gasteiger partial charge in [0.25, 0.3) is 5.91 Å². The molecule has 28 heavy (non-hydrogen) atoms. The van der Waals surface area contributed by atoms with Gasteiger partial charge in [-0.25, -0.2) is 4.68 Å². The second kappa shape index (κ2) is 7.69. The Labute approximate surface area is 160 Å². The largest absolute Gasteiger partial charge is 0.481 e. The second-order valence-electron chi connectivity index (χ2n) is 6.48. The first-order valence-corrected chi connectivity index (χ1v) is 8.94. The van der Waals surface area contributed by atoms with Crippen molar-refractivity contribution in [2.75, 3.05) is 19.7 Å². The predicted molar refractivity (Wildman–Crippen MR) is 99.2 cm³/mol. The van der Waals surface area contributed by atoms with Gasteiger partial charge in [-0.15, -0.1) is 0 Å². The number of benzene rings is 1. The van der Waals surface area contributed by atoms with Gasteiger partial charge in [0.15, 0.2) is 5.76 Å². The van der Waals surface area contributed by atoms with Crippen LogP contribution in [0.3, 0.4) is 0 Å². The molecule has 3 heterocycles. The quantitative estimate of drug-likeness (QED) is 0.729. The van der Waals surface area contributed by atoms with Crippen LogP contribution in [-0.2, 0) is 9.53 Å². The highest BCUT2D eigenvalue weighted by atomic mass is 16.5. The van der Waals surface area contributed by atoms with Crippen LogP contribution in [0.1, 0.15) is 16.9 Å². The monoisotopic (exact) mass is 381 g/mol. The summed E-state index contributed by atoms with van der Waals surface area (Å²) in [4.78, 5) is 25.8. The molecule has 3 aromatic rings. The number of carbonyl (C=O) groups excluding carboxylic acids is 1. The van der Waals surface area contributed by atoms with Gasteiger partial charge in [-0.05, 0) is 24.3 Å². The zero-order valence-corrected chi connectivity index (χ0v) is 15.0. The van der Waals surface area contributed by atoms with E-state index >= 15 is 0 Å². The van der Waals surface area contributed by atoms with Gasteiger partial charge in [0.1, 0.15) is 11.4 Å². The fraction of sp³-hybridized carbons (Fsp3) is 0.250. The molecule has 1 saturated heterocycles. The molecule has 1 atom stereocenters. The number of aromatic nitrogens is 2. The molecule has 0 spiro atoms. The fourth-order valence-electron chi connectivity index (χ4n) is 3.23. The van der Waals surface area contributed by atoms with Gasteiger partial charge in [-0.3, -0.25) is 9.59 Å². The lowest BCUT2D eigenvalue weighted by Gasteiger charge is -2.32. The number of hydrogen-bond donors (Lipinski definition) is 1. The number of carbonyl (C=O) groups is 2. The molecule has 1 fully saturated rings. The fourth-order valence-corrected chi connectivity index (χ4v) is 3.23. The topological polar surface area (TPSA) is 97.8 Å². The van der Waals surface area contributed by atoms with Crippen LogP contribution in [0.15, 0.2) is 59.2 Å². The normalized spacial score (nSPS) is 16.9. The lowest BCUT2D eigenvalue weighted by atomic mass is 10.2. The highest BCUT2D eigenvalue weighted by molar-refractivity contribution is 5.94. The van der Waals surface area contributed by atoms with E-state index in [1.165, 1.54) is 0 Å². The summed E-state index contributed by atoms with van der Waals surface area (Å²) in [5.74, 6) is -0.615. The van der Waals surface area contributed by atoms with Gasteiger partial charge >= 0.3 is 5.97 Å². The molecule has 2 aromatic heterocycles. The highest BCUT2D eigenvalue weighted by Crippen LogP contribution is 2.24. The van der Waals surface area contributed by atoms with Gasteiger partial charge in [-0.2, -0.15) is 5.10 Å². The van der Waals surface area contributed by atoms with E-state index in [4.69, 9.17) is 14.3 Å². The standard InChI is InChI=1S/C20H19N3O5/c24-19(25)11-15-13-22(8-10-27-15)20(26)17-12-16(18-7-4-9-28-18)21-23(17)14-5-2-1-3-6-14/h1-7,9,12,15H,8,10-11,13H2,(H,24,25)/t15-/m0/s1. The summed E-state index contributed by atoms with van der Waals surface area (Å²) >= 11 is 0. The third kappa shape index (κ3) is 3.67. The number of carboxylic acid groups (broad SMARTS) is 1. The van der Waals surface area contributed by atoms with Crippen LogP contribution in [-0.4, -0.2) is 57.5 Å². The molecule has 1 amide bonds. The highest BCUT2D eigenvalue weighted by Gasteiger charge is 2.29. The van der Waals surface area contributed by atoms with Crippen molar-refractivity contribution in [2.24, 2.45) is 0 Å². The van der Waals surface area contributed by atoms with Gasteiger partial charge in [0, 0.05) is 19.2 Å². The van der Waals surface area contributed by atoms with E-state index in [0.717, 1.165) is 5.69 Å². The van der Waals surface area contributed by atoms with Crippen LogP contribution in [0, 0.1) is 0 Å². The van der Waals surface area contributed by atoms with Crippen LogP contribution < -0.4 is 0 Å². The number of ether oxygens (including phenoxy) is 1. The Morgan fingerprint density at radius 1 is 1.18 bits per heavy atom. The summed E-state index contributed by atoms with van der Waals surface area (Å²) in [7, 11) is 0. The lowest BCUT2D eigenvalue weighted by Crippen LogP contribution is -2.46. The zero-order valence-electron chi connectivity index (χ0n) is 15.0. The number of furan rings is 1. The van der Waals surface area contributed by atoms with Crippen molar-refractivity contribution in [3.8, 4) is 17.1 Å². The third-order valence-corrected chi connectivity index (χ3v) is 4.53. The molecule has 1 aliphatic heterocycles. The number of morpholine rings is 1. The average molecular weight is 381 g/mol. The molecule has 144 valence electrons. The minimum Gasteiger partial charge on any atom is -0.481 e. The number of aliphatic carboxylic acids is 1. The Morgan fingerprint density at radius 3 is 2.71 bits per heavy atom. The molecule has 8 nitrogen and oxygen atoms in total. The van der Waals surface area contributed by atoms with E-state index in [-0.39, 0.29) is 18.9 Å². The van der Waals surface area contributed by atoms with E-state index < -0.39 is 12.1 Å². The molecule has 0 saturated carbocycles. The van der Waals surface area contributed by atoms with Gasteiger partial charge in [-0.1, -0.05) is 18.2 Å². The van der Waals surface area contributed by atoms with E-state index in [1.807, 2.05) is 30.3 Å². The van der Waals surface area contributed by atoms with Crippen LogP contribution in [0.4, 0.5) is 0 Å². The van der Waals surface area contributed by atoms with E-state index in [1.54, 1.807) is 34.0 Å². The summed E-state index contributed by atoms with van der Waals surface area (Å²) in [6.45, 7) is 0.917. The Bertz CT molecular complexity index is 965. The Balaban J connectivity index is 1.67. The summed E-state index contributed by atoms with van der Waals surface area (Å²) in [5.41, 5.74) is 1.68. The van der Waals surface area contributed by atoms with Crippen molar-refractivity contribution in [2.45, 2.75) is 12.5 Å². The Hall–Kier alpha value is -3.39. The molecule has 1 aliphatic rings. The van der Waals surface area contributed by atoms with Crippen LogP contribution >= 0.6 is 0 Å². The van der Waals surface area contributed by atoms with E-state index in [0.29, 0.717) is 30.3 Å². The number of para-hydroxylation sites is 1. The van der Waals surface area contributed by atoms with Crippen molar-refractivity contribution in [1.82, 2.24) is 14.7 Å². The van der Waals surface area contributed by atoms with Gasteiger partial charge in [0.05, 0.1) is 31.1 Å². The molecule has 0 radical (unpaired) electrons. The van der Waals surface area contributed by atoms with Crippen LogP contribution in [0.2, 0.25) is 0 Å². The molecular formula is C20H19N3O5. The van der Waals surface area contributed by atoms with Crippen molar-refractivity contribution in [3.05, 3.63) is 60.5 Å². The Kier molecular flexibility index (Phi) is 4.94. The SMILES string of the molecule is O=C(O)C[C@H]1CN(C(=O)c2cc(-c3ccco3)nn2-c2ccccc2)CCO1. The molecule has 4 rings (SSSR count). The van der Waals surface area contributed by atoms with E-state index in [9.17, 15) is 9.59 Å². The molecule has 0 unspecified atom stereocenters.